The minimum atomic E-state index is -4.44. The van der Waals surface area contributed by atoms with E-state index in [2.05, 4.69) is 39.5 Å². The smallest absolute Gasteiger partial charge is 0.407 e. The van der Waals surface area contributed by atoms with E-state index in [1.165, 1.54) is 4.57 Å². The Morgan fingerprint density at radius 1 is 1.08 bits per heavy atom. The third-order valence-electron chi connectivity index (χ3n) is 8.35. The molecule has 286 valence electrons. The fraction of sp³-hybridized carbons (Fsp3) is 0.595. The molecule has 2 atom stereocenters. The van der Waals surface area contributed by atoms with Crippen LogP contribution in [0.15, 0.2) is 36.5 Å². The number of piperidine rings is 1. The van der Waals surface area contributed by atoms with Gasteiger partial charge < -0.3 is 39.0 Å². The SMILES string of the molecule is CCOC(=O)c1ccnn1CCOCCOCCC1CN(C)CCC1Nc1cccc2c1cc(C#CCCNC(=O)OC(C)(C)C)n2CC(F)(F)F. The minimum absolute atomic E-state index is 0.0868. The average Bonchev–Trinajstić information content (AvgIpc) is 3.67. The third-order valence-corrected chi connectivity index (χ3v) is 8.35. The van der Waals surface area contributed by atoms with Gasteiger partial charge in [-0.25, -0.2) is 9.59 Å². The number of aromatic nitrogens is 3. The molecule has 2 unspecified atom stereocenters. The summed E-state index contributed by atoms with van der Waals surface area (Å²) in [7, 11) is 2.08. The number of fused-ring (bicyclic) bond motifs is 1. The van der Waals surface area contributed by atoms with Gasteiger partial charge in [0.15, 0.2) is 0 Å². The average molecular weight is 733 g/mol. The van der Waals surface area contributed by atoms with Gasteiger partial charge in [0.2, 0.25) is 0 Å². The second-order valence-corrected chi connectivity index (χ2v) is 13.7. The molecule has 0 saturated carbocycles. The van der Waals surface area contributed by atoms with Crippen LogP contribution in [0.4, 0.5) is 23.7 Å². The first kappa shape index (κ1) is 40.5. The van der Waals surface area contributed by atoms with E-state index >= 15 is 0 Å². The Labute approximate surface area is 303 Å². The molecule has 1 aromatic carbocycles. The molecular weight excluding hydrogens is 681 g/mol. The highest BCUT2D eigenvalue weighted by Crippen LogP contribution is 2.32. The number of esters is 1. The Balaban J connectivity index is 1.33. The van der Waals surface area contributed by atoms with E-state index in [4.69, 9.17) is 18.9 Å². The number of nitrogens with zero attached hydrogens (tertiary/aromatic N) is 4. The van der Waals surface area contributed by atoms with Crippen molar-refractivity contribution in [2.24, 2.45) is 5.92 Å². The van der Waals surface area contributed by atoms with E-state index in [1.807, 2.05) is 6.07 Å². The van der Waals surface area contributed by atoms with Crippen LogP contribution in [-0.4, -0.2) is 109 Å². The Morgan fingerprint density at radius 2 is 1.85 bits per heavy atom. The molecule has 2 N–H and O–H groups in total. The van der Waals surface area contributed by atoms with Crippen molar-refractivity contribution in [1.82, 2.24) is 24.6 Å². The first-order valence-corrected chi connectivity index (χ1v) is 17.7. The fourth-order valence-electron chi connectivity index (χ4n) is 6.05. The van der Waals surface area contributed by atoms with Crippen LogP contribution in [0.2, 0.25) is 0 Å². The molecule has 1 aliphatic rings. The van der Waals surface area contributed by atoms with Crippen molar-refractivity contribution in [2.75, 3.05) is 65.0 Å². The molecule has 12 nitrogen and oxygen atoms in total. The predicted octanol–water partition coefficient (Wildman–Crippen LogP) is 5.70. The monoisotopic (exact) mass is 732 g/mol. The Bertz CT molecular complexity index is 1670. The molecule has 1 aliphatic heterocycles. The number of carbonyl (C=O) groups excluding carboxylic acids is 2. The molecule has 1 saturated heterocycles. The first-order chi connectivity index (χ1) is 24.7. The lowest BCUT2D eigenvalue weighted by Gasteiger charge is -2.38. The van der Waals surface area contributed by atoms with Crippen LogP contribution in [0.25, 0.3) is 10.9 Å². The number of benzene rings is 1. The van der Waals surface area contributed by atoms with Crippen LogP contribution in [0.5, 0.6) is 0 Å². The van der Waals surface area contributed by atoms with Gasteiger partial charge in [-0.3, -0.25) is 4.68 Å². The van der Waals surface area contributed by atoms with Crippen LogP contribution in [0.1, 0.15) is 63.1 Å². The maximum absolute atomic E-state index is 13.7. The van der Waals surface area contributed by atoms with Gasteiger partial charge in [-0.2, -0.15) is 18.3 Å². The summed E-state index contributed by atoms with van der Waals surface area (Å²) in [4.78, 5) is 26.2. The summed E-state index contributed by atoms with van der Waals surface area (Å²) in [5.41, 5.74) is 1.19. The summed E-state index contributed by atoms with van der Waals surface area (Å²) in [5.74, 6) is 5.63. The van der Waals surface area contributed by atoms with Gasteiger partial charge in [0.25, 0.3) is 0 Å². The summed E-state index contributed by atoms with van der Waals surface area (Å²) in [6.45, 7) is 10.2. The number of amides is 1. The number of alkyl halides is 3. The van der Waals surface area contributed by atoms with Crippen molar-refractivity contribution >= 4 is 28.7 Å². The Kier molecular flexibility index (Phi) is 14.8. The van der Waals surface area contributed by atoms with Crippen molar-refractivity contribution in [2.45, 2.75) is 77.9 Å². The van der Waals surface area contributed by atoms with Crippen LogP contribution >= 0.6 is 0 Å². The number of alkyl carbamates (subject to hydrolysis) is 1. The Morgan fingerprint density at radius 3 is 2.58 bits per heavy atom. The van der Waals surface area contributed by atoms with Gasteiger partial charge in [-0.05, 0) is 90.2 Å². The normalized spacial score (nSPS) is 16.7. The Hall–Kier alpha value is -4.26. The lowest BCUT2D eigenvalue weighted by molar-refractivity contribution is -0.140. The summed E-state index contributed by atoms with van der Waals surface area (Å²) in [5, 5.41) is 11.1. The molecule has 4 rings (SSSR count). The number of hydrogen-bond acceptors (Lipinski definition) is 9. The zero-order chi connectivity index (χ0) is 37.7. The zero-order valence-corrected chi connectivity index (χ0v) is 30.7. The number of likely N-dealkylation sites (tertiary alicyclic amines) is 1. The van der Waals surface area contributed by atoms with Crippen LogP contribution < -0.4 is 10.6 Å². The van der Waals surface area contributed by atoms with Crippen molar-refractivity contribution in [3.05, 3.63) is 47.9 Å². The molecule has 3 heterocycles. The predicted molar refractivity (Wildman–Crippen MR) is 191 cm³/mol. The summed E-state index contributed by atoms with van der Waals surface area (Å²) in [6.07, 6.45) is -1.57. The van der Waals surface area contributed by atoms with E-state index in [9.17, 15) is 22.8 Å². The maximum Gasteiger partial charge on any atom is 0.407 e. The number of carbonyl (C=O) groups is 2. The summed E-state index contributed by atoms with van der Waals surface area (Å²) < 4.78 is 65.8. The second kappa shape index (κ2) is 19.0. The molecule has 52 heavy (non-hydrogen) atoms. The third kappa shape index (κ3) is 12.8. The largest absolute Gasteiger partial charge is 0.461 e. The molecule has 1 amide bonds. The molecular formula is C37H51F3N6O6. The van der Waals surface area contributed by atoms with Crippen LogP contribution in [-0.2, 0) is 32.0 Å². The molecule has 0 bridgehead atoms. The molecule has 15 heteroatoms. The van der Waals surface area contributed by atoms with Crippen LogP contribution in [0.3, 0.4) is 0 Å². The lowest BCUT2D eigenvalue weighted by Crippen LogP contribution is -2.45. The summed E-state index contributed by atoms with van der Waals surface area (Å²) >= 11 is 0. The molecule has 0 radical (unpaired) electrons. The number of halogens is 3. The topological polar surface area (TPSA) is 121 Å². The van der Waals surface area contributed by atoms with Crippen LogP contribution in [0, 0.1) is 17.8 Å². The molecule has 3 aromatic rings. The lowest BCUT2D eigenvalue weighted by atomic mass is 9.89. The first-order valence-electron chi connectivity index (χ1n) is 17.7. The molecule has 2 aromatic heterocycles. The quantitative estimate of drug-likeness (QED) is 0.109. The molecule has 0 spiro atoms. The fourth-order valence-corrected chi connectivity index (χ4v) is 6.05. The van der Waals surface area contributed by atoms with Gasteiger partial charge in [0, 0.05) is 49.4 Å². The van der Waals surface area contributed by atoms with Gasteiger partial charge in [0.05, 0.1) is 44.2 Å². The van der Waals surface area contributed by atoms with Gasteiger partial charge >= 0.3 is 18.2 Å². The van der Waals surface area contributed by atoms with Crippen molar-refractivity contribution < 1.29 is 41.7 Å². The number of ether oxygens (including phenoxy) is 4. The maximum atomic E-state index is 13.7. The number of rotatable bonds is 16. The van der Waals surface area contributed by atoms with E-state index in [0.717, 1.165) is 31.6 Å². The van der Waals surface area contributed by atoms with E-state index in [-0.39, 0.29) is 37.2 Å². The van der Waals surface area contributed by atoms with E-state index in [0.29, 0.717) is 49.6 Å². The number of hydrogen-bond donors (Lipinski definition) is 2. The van der Waals surface area contributed by atoms with E-state index in [1.54, 1.807) is 62.8 Å². The van der Waals surface area contributed by atoms with Gasteiger partial charge in [-0.15, -0.1) is 0 Å². The van der Waals surface area contributed by atoms with Crippen molar-refractivity contribution in [1.29, 1.82) is 0 Å². The van der Waals surface area contributed by atoms with Crippen molar-refractivity contribution in [3.8, 4) is 11.8 Å². The molecule has 1 fully saturated rings. The zero-order valence-electron chi connectivity index (χ0n) is 30.7. The number of anilines is 1. The summed E-state index contributed by atoms with van der Waals surface area (Å²) in [6, 6.07) is 8.73. The minimum Gasteiger partial charge on any atom is -0.461 e. The number of nitrogens with one attached hydrogen (secondary N) is 2. The highest BCUT2D eigenvalue weighted by atomic mass is 19.4. The highest BCUT2D eigenvalue weighted by molar-refractivity contribution is 5.94. The van der Waals surface area contributed by atoms with Crippen molar-refractivity contribution in [3.63, 3.8) is 0 Å². The van der Waals surface area contributed by atoms with E-state index < -0.39 is 30.4 Å². The standard InChI is InChI=1S/C37H51F3N6O6/c1-6-51-34(47)33-13-17-42-46(33)19-21-50-23-22-49-20-15-27-25-44(5)18-14-30(27)43-31-11-9-12-32-29(31)24-28(45(32)26-37(38,39)40)10-7-8-16-41-35(48)52-36(2,3)4/h9,11-13,17,24,27,30,43H,6,8,14-16,18-23,25-26H2,1-5H3,(H,41,48). The second-order valence-electron chi connectivity index (χ2n) is 13.7. The molecule has 0 aliphatic carbocycles. The highest BCUT2D eigenvalue weighted by Gasteiger charge is 2.31. The van der Waals surface area contributed by atoms with Gasteiger partial charge in [0.1, 0.15) is 17.8 Å². The van der Waals surface area contributed by atoms with Gasteiger partial charge in [-0.1, -0.05) is 12.0 Å².